The zero-order chi connectivity index (χ0) is 13.1. The summed E-state index contributed by atoms with van der Waals surface area (Å²) >= 11 is 0. The molecule has 2 rings (SSSR count). The highest BCUT2D eigenvalue weighted by Crippen LogP contribution is 2.29. The quantitative estimate of drug-likeness (QED) is 0.898. The number of benzene rings is 1. The highest BCUT2D eigenvalue weighted by atomic mass is 16.5. The summed E-state index contributed by atoms with van der Waals surface area (Å²) in [6, 6.07) is 6.24. The Bertz CT molecular complexity index is 582. The molecule has 1 aromatic carbocycles. The van der Waals surface area contributed by atoms with Crippen molar-refractivity contribution >= 4 is 0 Å². The van der Waals surface area contributed by atoms with Crippen molar-refractivity contribution in [3.8, 4) is 11.8 Å². The number of hydrogen-bond donors (Lipinski definition) is 1. The molecule has 0 saturated carbocycles. The van der Waals surface area contributed by atoms with E-state index in [1.165, 1.54) is 0 Å². The van der Waals surface area contributed by atoms with Gasteiger partial charge in [0.25, 0.3) is 0 Å². The van der Waals surface area contributed by atoms with E-state index in [-0.39, 0.29) is 5.92 Å². The van der Waals surface area contributed by atoms with Crippen LogP contribution in [0.4, 0.5) is 0 Å². The summed E-state index contributed by atoms with van der Waals surface area (Å²) in [5, 5.41) is 9.35. The van der Waals surface area contributed by atoms with E-state index < -0.39 is 0 Å². The summed E-state index contributed by atoms with van der Waals surface area (Å²) in [5.41, 5.74) is 3.01. The summed E-state index contributed by atoms with van der Waals surface area (Å²) in [4.78, 5) is 7.16. The molecule has 0 aliphatic carbocycles. The van der Waals surface area contributed by atoms with Crippen molar-refractivity contribution in [2.45, 2.75) is 19.8 Å². The molecule has 92 valence electrons. The maximum Gasteiger partial charge on any atom is 0.129 e. The van der Waals surface area contributed by atoms with Crippen LogP contribution >= 0.6 is 0 Å². The molecule has 1 heterocycles. The van der Waals surface area contributed by atoms with Gasteiger partial charge in [-0.1, -0.05) is 6.07 Å². The van der Waals surface area contributed by atoms with E-state index in [4.69, 9.17) is 4.74 Å². The first-order chi connectivity index (χ1) is 8.67. The third-order valence-corrected chi connectivity index (χ3v) is 3.02. The van der Waals surface area contributed by atoms with Crippen molar-refractivity contribution in [2.75, 3.05) is 7.11 Å². The molecule has 0 fully saturated rings. The van der Waals surface area contributed by atoms with Crippen LogP contribution in [-0.2, 0) is 0 Å². The average Bonchev–Trinajstić information content (AvgIpc) is 2.87. The van der Waals surface area contributed by atoms with Gasteiger partial charge in [0.1, 0.15) is 17.5 Å². The predicted octanol–water partition coefficient (Wildman–Crippen LogP) is 2.69. The Morgan fingerprint density at radius 2 is 2.11 bits per heavy atom. The summed E-state index contributed by atoms with van der Waals surface area (Å²) in [6.45, 7) is 3.95. The monoisotopic (exact) mass is 241 g/mol. The highest BCUT2D eigenvalue weighted by Gasteiger charge is 2.19. The molecule has 0 radical (unpaired) electrons. The van der Waals surface area contributed by atoms with Crippen LogP contribution in [0.15, 0.2) is 24.5 Å². The van der Waals surface area contributed by atoms with E-state index in [1.54, 1.807) is 19.5 Å². The lowest BCUT2D eigenvalue weighted by Gasteiger charge is -2.14. The molecule has 18 heavy (non-hydrogen) atoms. The number of H-pyrrole nitrogens is 1. The lowest BCUT2D eigenvalue weighted by atomic mass is 9.93. The molecule has 0 spiro atoms. The molecule has 0 aliphatic heterocycles. The molecular formula is C14H15N3O. The van der Waals surface area contributed by atoms with Crippen molar-refractivity contribution < 1.29 is 4.74 Å². The van der Waals surface area contributed by atoms with Gasteiger partial charge in [-0.2, -0.15) is 5.26 Å². The van der Waals surface area contributed by atoms with Crippen molar-refractivity contribution in [2.24, 2.45) is 0 Å². The van der Waals surface area contributed by atoms with E-state index in [0.717, 1.165) is 22.4 Å². The number of hydrogen-bond acceptors (Lipinski definition) is 3. The second kappa shape index (κ2) is 4.92. The van der Waals surface area contributed by atoms with Crippen LogP contribution in [-0.4, -0.2) is 17.1 Å². The van der Waals surface area contributed by atoms with Crippen LogP contribution in [0.5, 0.6) is 5.75 Å². The second-order valence-corrected chi connectivity index (χ2v) is 4.21. The molecule has 4 nitrogen and oxygen atoms in total. The maximum atomic E-state index is 9.35. The SMILES string of the molecule is COc1cc(C)c(C(C#N)c2ncc[nH]2)cc1C. The lowest BCUT2D eigenvalue weighted by molar-refractivity contribution is 0.411. The van der Waals surface area contributed by atoms with Gasteiger partial charge >= 0.3 is 0 Å². The predicted molar refractivity (Wildman–Crippen MR) is 68.5 cm³/mol. The third kappa shape index (κ3) is 2.07. The van der Waals surface area contributed by atoms with Gasteiger partial charge in [0.15, 0.2) is 0 Å². The van der Waals surface area contributed by atoms with Crippen molar-refractivity contribution in [1.82, 2.24) is 9.97 Å². The number of nitrogens with one attached hydrogen (secondary N) is 1. The third-order valence-electron chi connectivity index (χ3n) is 3.02. The topological polar surface area (TPSA) is 61.7 Å². The number of rotatable bonds is 3. The Morgan fingerprint density at radius 1 is 1.33 bits per heavy atom. The number of nitrogens with zero attached hydrogens (tertiary/aromatic N) is 2. The summed E-state index contributed by atoms with van der Waals surface area (Å²) < 4.78 is 5.28. The minimum atomic E-state index is -0.371. The Balaban J connectivity index is 2.51. The standard InChI is InChI=1S/C14H15N3O/c1-9-7-13(18-3)10(2)6-11(9)12(8-15)14-16-4-5-17-14/h4-7,12H,1-3H3,(H,16,17). The normalized spacial score (nSPS) is 11.9. The zero-order valence-corrected chi connectivity index (χ0v) is 10.7. The number of aromatic nitrogens is 2. The molecule has 0 saturated heterocycles. The van der Waals surface area contributed by atoms with Gasteiger partial charge < -0.3 is 9.72 Å². The second-order valence-electron chi connectivity index (χ2n) is 4.21. The van der Waals surface area contributed by atoms with Crippen LogP contribution in [0, 0.1) is 25.2 Å². The number of nitriles is 1. The molecule has 0 aliphatic rings. The number of aromatic amines is 1. The van der Waals surface area contributed by atoms with Gasteiger partial charge in [0, 0.05) is 12.4 Å². The van der Waals surface area contributed by atoms with Crippen LogP contribution in [0.3, 0.4) is 0 Å². The molecule has 1 atom stereocenters. The highest BCUT2D eigenvalue weighted by molar-refractivity contribution is 5.46. The fraction of sp³-hybridized carbons (Fsp3) is 0.286. The lowest BCUT2D eigenvalue weighted by Crippen LogP contribution is -2.04. The minimum Gasteiger partial charge on any atom is -0.496 e. The summed E-state index contributed by atoms with van der Waals surface area (Å²) in [7, 11) is 1.65. The Kier molecular flexibility index (Phi) is 3.33. The molecular weight excluding hydrogens is 226 g/mol. The first kappa shape index (κ1) is 12.2. The van der Waals surface area contributed by atoms with Crippen molar-refractivity contribution in [3.63, 3.8) is 0 Å². The summed E-state index contributed by atoms with van der Waals surface area (Å²) in [5.74, 6) is 1.14. The Morgan fingerprint density at radius 3 is 2.67 bits per heavy atom. The van der Waals surface area contributed by atoms with E-state index in [9.17, 15) is 5.26 Å². The van der Waals surface area contributed by atoms with E-state index in [0.29, 0.717) is 5.82 Å². The first-order valence-electron chi connectivity index (χ1n) is 5.71. The number of methoxy groups -OCH3 is 1. The largest absolute Gasteiger partial charge is 0.496 e. The van der Waals surface area contributed by atoms with E-state index in [2.05, 4.69) is 16.0 Å². The molecule has 1 unspecified atom stereocenters. The Labute approximate surface area is 106 Å². The van der Waals surface area contributed by atoms with Gasteiger partial charge in [-0.15, -0.1) is 0 Å². The van der Waals surface area contributed by atoms with Crippen LogP contribution in [0.25, 0.3) is 0 Å². The average molecular weight is 241 g/mol. The number of imidazole rings is 1. The maximum absolute atomic E-state index is 9.35. The molecule has 2 aromatic rings. The van der Waals surface area contributed by atoms with E-state index >= 15 is 0 Å². The van der Waals surface area contributed by atoms with Gasteiger partial charge in [-0.05, 0) is 36.6 Å². The fourth-order valence-electron chi connectivity index (χ4n) is 2.06. The van der Waals surface area contributed by atoms with Crippen LogP contribution in [0.2, 0.25) is 0 Å². The van der Waals surface area contributed by atoms with Gasteiger partial charge in [-0.25, -0.2) is 4.98 Å². The molecule has 0 bridgehead atoms. The first-order valence-corrected chi connectivity index (χ1v) is 5.71. The zero-order valence-electron chi connectivity index (χ0n) is 10.7. The minimum absolute atomic E-state index is 0.371. The van der Waals surface area contributed by atoms with Gasteiger partial charge in [0.05, 0.1) is 13.2 Å². The fourth-order valence-corrected chi connectivity index (χ4v) is 2.06. The van der Waals surface area contributed by atoms with E-state index in [1.807, 2.05) is 26.0 Å². The van der Waals surface area contributed by atoms with Gasteiger partial charge in [0.2, 0.25) is 0 Å². The molecule has 1 aromatic heterocycles. The molecule has 4 heteroatoms. The van der Waals surface area contributed by atoms with Crippen molar-refractivity contribution in [3.05, 3.63) is 47.0 Å². The van der Waals surface area contributed by atoms with Crippen molar-refractivity contribution in [1.29, 1.82) is 5.26 Å². The van der Waals surface area contributed by atoms with Crippen LogP contribution in [0.1, 0.15) is 28.4 Å². The Hall–Kier alpha value is -2.28. The molecule has 0 amide bonds. The smallest absolute Gasteiger partial charge is 0.129 e. The number of aryl methyl sites for hydroxylation is 2. The van der Waals surface area contributed by atoms with Gasteiger partial charge in [-0.3, -0.25) is 0 Å². The number of ether oxygens (including phenoxy) is 1. The summed E-state index contributed by atoms with van der Waals surface area (Å²) in [6.07, 6.45) is 3.39. The molecule has 1 N–H and O–H groups in total. The van der Waals surface area contributed by atoms with Crippen LogP contribution < -0.4 is 4.74 Å².